The van der Waals surface area contributed by atoms with Gasteiger partial charge in [0, 0.05) is 23.7 Å². The van der Waals surface area contributed by atoms with Crippen LogP contribution in [0.4, 0.5) is 0 Å². The summed E-state index contributed by atoms with van der Waals surface area (Å²) in [5, 5.41) is 11.4. The summed E-state index contributed by atoms with van der Waals surface area (Å²) < 4.78 is 5.81. The molecule has 0 saturated heterocycles. The van der Waals surface area contributed by atoms with Gasteiger partial charge in [0.15, 0.2) is 0 Å². The summed E-state index contributed by atoms with van der Waals surface area (Å²) in [6, 6.07) is 5.42. The van der Waals surface area contributed by atoms with E-state index in [0.29, 0.717) is 5.56 Å². The van der Waals surface area contributed by atoms with Gasteiger partial charge < -0.3 is 15.2 Å². The minimum atomic E-state index is -0.959. The van der Waals surface area contributed by atoms with Crippen LogP contribution in [-0.2, 0) is 9.53 Å². The number of carbonyl (C=O) groups excluding carboxylic acids is 1. The standard InChI is InChI=1S/C13H16BrNO4/c1-8-3-4-9(14)5-11(8)13(18)15-7-10(19-2)6-12(16)17/h3-5,10H,6-7H2,1-2H3,(H,15,18)(H,16,17). The highest BCUT2D eigenvalue weighted by Crippen LogP contribution is 2.15. The first-order valence-electron chi connectivity index (χ1n) is 5.73. The van der Waals surface area contributed by atoms with E-state index in [0.717, 1.165) is 10.0 Å². The molecular formula is C13H16BrNO4. The van der Waals surface area contributed by atoms with Crippen LogP contribution in [0.15, 0.2) is 22.7 Å². The maximum Gasteiger partial charge on any atom is 0.306 e. The molecule has 1 aromatic carbocycles. The minimum Gasteiger partial charge on any atom is -0.481 e. The van der Waals surface area contributed by atoms with Crippen LogP contribution < -0.4 is 5.32 Å². The van der Waals surface area contributed by atoms with Crippen LogP contribution in [0, 0.1) is 6.92 Å². The summed E-state index contributed by atoms with van der Waals surface area (Å²) in [4.78, 5) is 22.6. The number of aryl methyl sites for hydroxylation is 1. The molecule has 0 heterocycles. The number of aliphatic carboxylic acids is 1. The van der Waals surface area contributed by atoms with Gasteiger partial charge in [-0.05, 0) is 24.6 Å². The van der Waals surface area contributed by atoms with Crippen molar-refractivity contribution in [2.75, 3.05) is 13.7 Å². The second-order valence-electron chi connectivity index (χ2n) is 4.12. The zero-order valence-electron chi connectivity index (χ0n) is 10.8. The number of hydrogen-bond donors (Lipinski definition) is 2. The van der Waals surface area contributed by atoms with Crippen molar-refractivity contribution in [3.63, 3.8) is 0 Å². The van der Waals surface area contributed by atoms with Crippen molar-refractivity contribution in [1.82, 2.24) is 5.32 Å². The molecule has 0 saturated carbocycles. The van der Waals surface area contributed by atoms with Crippen molar-refractivity contribution in [2.45, 2.75) is 19.4 Å². The number of nitrogens with one attached hydrogen (secondary N) is 1. The van der Waals surface area contributed by atoms with Crippen molar-refractivity contribution in [1.29, 1.82) is 0 Å². The zero-order valence-corrected chi connectivity index (χ0v) is 12.4. The van der Waals surface area contributed by atoms with Gasteiger partial charge in [0.2, 0.25) is 0 Å². The van der Waals surface area contributed by atoms with E-state index in [1.807, 2.05) is 19.1 Å². The van der Waals surface area contributed by atoms with Gasteiger partial charge in [-0.15, -0.1) is 0 Å². The Kier molecular flexibility index (Phi) is 5.98. The minimum absolute atomic E-state index is 0.145. The van der Waals surface area contributed by atoms with Crippen LogP contribution in [0.5, 0.6) is 0 Å². The van der Waals surface area contributed by atoms with Crippen LogP contribution in [0.1, 0.15) is 22.3 Å². The molecule has 104 valence electrons. The predicted octanol–water partition coefficient (Wildman–Crippen LogP) is 1.98. The number of carbonyl (C=O) groups is 2. The first-order valence-corrected chi connectivity index (χ1v) is 6.52. The molecule has 0 fully saturated rings. The molecule has 0 aliphatic rings. The summed E-state index contributed by atoms with van der Waals surface area (Å²) in [6.07, 6.45) is -0.678. The average molecular weight is 330 g/mol. The van der Waals surface area contributed by atoms with Crippen molar-refractivity contribution >= 4 is 27.8 Å². The van der Waals surface area contributed by atoms with Crippen molar-refractivity contribution in [3.05, 3.63) is 33.8 Å². The fourth-order valence-electron chi connectivity index (χ4n) is 1.57. The molecule has 1 aromatic rings. The number of hydrogen-bond acceptors (Lipinski definition) is 3. The molecule has 0 aromatic heterocycles. The molecule has 19 heavy (non-hydrogen) atoms. The van der Waals surface area contributed by atoms with E-state index in [-0.39, 0.29) is 18.9 Å². The molecule has 1 atom stereocenters. The van der Waals surface area contributed by atoms with Gasteiger partial charge in [0.1, 0.15) is 0 Å². The maximum atomic E-state index is 12.0. The number of rotatable bonds is 6. The quantitative estimate of drug-likeness (QED) is 0.836. The van der Waals surface area contributed by atoms with Gasteiger partial charge in [-0.1, -0.05) is 22.0 Å². The van der Waals surface area contributed by atoms with Gasteiger partial charge in [-0.25, -0.2) is 0 Å². The Balaban J connectivity index is 2.64. The van der Waals surface area contributed by atoms with Crippen molar-refractivity contribution < 1.29 is 19.4 Å². The van der Waals surface area contributed by atoms with Crippen LogP contribution in [0.3, 0.4) is 0 Å². The molecule has 0 spiro atoms. The zero-order chi connectivity index (χ0) is 14.4. The molecular weight excluding hydrogens is 314 g/mol. The Hall–Kier alpha value is -1.40. The van der Waals surface area contributed by atoms with Crippen molar-refractivity contribution in [3.8, 4) is 0 Å². The van der Waals surface area contributed by atoms with E-state index in [2.05, 4.69) is 21.2 Å². The second-order valence-corrected chi connectivity index (χ2v) is 5.04. The predicted molar refractivity (Wildman–Crippen MR) is 74.3 cm³/mol. The normalized spacial score (nSPS) is 11.9. The molecule has 1 amide bonds. The third-order valence-corrected chi connectivity index (χ3v) is 3.16. The summed E-state index contributed by atoms with van der Waals surface area (Å²) in [5.41, 5.74) is 1.41. The second kappa shape index (κ2) is 7.25. The Morgan fingerprint density at radius 2 is 2.16 bits per heavy atom. The molecule has 1 rings (SSSR count). The number of ether oxygens (including phenoxy) is 1. The molecule has 2 N–H and O–H groups in total. The summed E-state index contributed by atoms with van der Waals surface area (Å²) in [6.45, 7) is 2.00. The topological polar surface area (TPSA) is 75.6 Å². The van der Waals surface area contributed by atoms with Gasteiger partial charge in [0.05, 0.1) is 12.5 Å². The van der Waals surface area contributed by atoms with Crippen LogP contribution in [-0.4, -0.2) is 36.7 Å². The first kappa shape index (κ1) is 15.7. The molecule has 0 aliphatic carbocycles. The number of halogens is 1. The average Bonchev–Trinajstić information content (AvgIpc) is 2.36. The molecule has 0 radical (unpaired) electrons. The molecule has 1 unspecified atom stereocenters. The van der Waals surface area contributed by atoms with E-state index in [9.17, 15) is 9.59 Å². The monoisotopic (exact) mass is 329 g/mol. The van der Waals surface area contributed by atoms with E-state index < -0.39 is 12.1 Å². The Morgan fingerprint density at radius 1 is 1.47 bits per heavy atom. The Labute approximate surface area is 120 Å². The van der Waals surface area contributed by atoms with Crippen molar-refractivity contribution in [2.24, 2.45) is 0 Å². The third-order valence-electron chi connectivity index (χ3n) is 2.67. The summed E-state index contributed by atoms with van der Waals surface area (Å²) >= 11 is 3.31. The van der Waals surface area contributed by atoms with Crippen LogP contribution >= 0.6 is 15.9 Å². The highest BCUT2D eigenvalue weighted by molar-refractivity contribution is 9.10. The van der Waals surface area contributed by atoms with E-state index >= 15 is 0 Å². The lowest BCUT2D eigenvalue weighted by Gasteiger charge is -2.14. The summed E-state index contributed by atoms with van der Waals surface area (Å²) in [5.74, 6) is -1.20. The lowest BCUT2D eigenvalue weighted by molar-refractivity contribution is -0.139. The highest BCUT2D eigenvalue weighted by atomic mass is 79.9. The van der Waals surface area contributed by atoms with Gasteiger partial charge in [0.25, 0.3) is 5.91 Å². The highest BCUT2D eigenvalue weighted by Gasteiger charge is 2.15. The maximum absolute atomic E-state index is 12.0. The number of carboxylic acid groups (broad SMARTS) is 1. The van der Waals surface area contributed by atoms with Gasteiger partial charge in [-0.2, -0.15) is 0 Å². The lowest BCUT2D eigenvalue weighted by Crippen LogP contribution is -2.34. The SMILES string of the molecule is COC(CNC(=O)c1cc(Br)ccc1C)CC(=O)O. The first-order chi connectivity index (χ1) is 8.93. The molecule has 0 bridgehead atoms. The fraction of sp³-hybridized carbons (Fsp3) is 0.385. The molecule has 0 aliphatic heterocycles. The third kappa shape index (κ3) is 5.00. The molecule has 6 heteroatoms. The smallest absolute Gasteiger partial charge is 0.306 e. The Morgan fingerprint density at radius 3 is 2.74 bits per heavy atom. The van der Waals surface area contributed by atoms with Gasteiger partial charge in [-0.3, -0.25) is 9.59 Å². The number of amides is 1. The van der Waals surface area contributed by atoms with E-state index in [1.165, 1.54) is 7.11 Å². The van der Waals surface area contributed by atoms with Crippen LogP contribution in [0.25, 0.3) is 0 Å². The molecule has 5 nitrogen and oxygen atoms in total. The number of carboxylic acids is 1. The number of benzene rings is 1. The van der Waals surface area contributed by atoms with E-state index in [1.54, 1.807) is 6.07 Å². The largest absolute Gasteiger partial charge is 0.481 e. The van der Waals surface area contributed by atoms with E-state index in [4.69, 9.17) is 9.84 Å². The summed E-state index contributed by atoms with van der Waals surface area (Å²) in [7, 11) is 1.42. The van der Waals surface area contributed by atoms with Crippen LogP contribution in [0.2, 0.25) is 0 Å². The fourth-order valence-corrected chi connectivity index (χ4v) is 1.94. The van der Waals surface area contributed by atoms with Gasteiger partial charge >= 0.3 is 5.97 Å². The lowest BCUT2D eigenvalue weighted by atomic mass is 10.1. The number of methoxy groups -OCH3 is 1. The Bertz CT molecular complexity index is 476.